The summed E-state index contributed by atoms with van der Waals surface area (Å²) in [6, 6.07) is 0.00664. The third kappa shape index (κ3) is 3.96. The van der Waals surface area contributed by atoms with Crippen LogP contribution < -0.4 is 5.32 Å². The normalized spacial score (nSPS) is 18.9. The Kier molecular flexibility index (Phi) is 4.68. The van der Waals surface area contributed by atoms with Crippen molar-refractivity contribution in [2.75, 3.05) is 20.1 Å². The number of nitrogens with one attached hydrogen (secondary N) is 1. The molecule has 2 heterocycles. The first kappa shape index (κ1) is 16.3. The molecule has 0 aromatic carbocycles. The van der Waals surface area contributed by atoms with E-state index in [-0.39, 0.29) is 23.7 Å². The molecular formula is C14H23N5O3. The van der Waals surface area contributed by atoms with Gasteiger partial charge in [0.25, 0.3) is 5.91 Å². The van der Waals surface area contributed by atoms with E-state index in [4.69, 9.17) is 4.74 Å². The Bertz CT molecular complexity index is 549. The Morgan fingerprint density at radius 3 is 2.77 bits per heavy atom. The molecule has 1 aromatic heterocycles. The first-order valence-electron chi connectivity index (χ1n) is 7.42. The summed E-state index contributed by atoms with van der Waals surface area (Å²) >= 11 is 0. The smallest absolute Gasteiger partial charge is 0.410 e. The van der Waals surface area contributed by atoms with Gasteiger partial charge >= 0.3 is 6.09 Å². The average molecular weight is 309 g/mol. The number of rotatable bonds is 2. The second-order valence-electron chi connectivity index (χ2n) is 6.39. The maximum Gasteiger partial charge on any atom is 0.410 e. The molecular weight excluding hydrogens is 286 g/mol. The number of piperidine rings is 1. The second-order valence-corrected chi connectivity index (χ2v) is 6.39. The van der Waals surface area contributed by atoms with E-state index >= 15 is 0 Å². The molecule has 1 aliphatic heterocycles. The molecule has 1 aliphatic rings. The highest BCUT2D eigenvalue weighted by Crippen LogP contribution is 2.22. The van der Waals surface area contributed by atoms with Crippen molar-refractivity contribution in [1.82, 2.24) is 25.2 Å². The van der Waals surface area contributed by atoms with E-state index in [2.05, 4.69) is 15.6 Å². The van der Waals surface area contributed by atoms with Crippen LogP contribution in [0, 0.1) is 0 Å². The van der Waals surface area contributed by atoms with Crippen LogP contribution in [0.2, 0.25) is 0 Å². The minimum atomic E-state index is -0.510. The fraction of sp³-hybridized carbons (Fsp3) is 0.714. The number of hydrogen-bond acceptors (Lipinski definition) is 5. The van der Waals surface area contributed by atoms with E-state index in [0.29, 0.717) is 13.1 Å². The van der Waals surface area contributed by atoms with Crippen LogP contribution in [0.1, 0.15) is 50.1 Å². The lowest BCUT2D eigenvalue weighted by Crippen LogP contribution is -2.43. The van der Waals surface area contributed by atoms with Crippen LogP contribution in [0.4, 0.5) is 4.79 Å². The van der Waals surface area contributed by atoms with Gasteiger partial charge in [0.05, 0.1) is 12.2 Å². The molecule has 0 aliphatic carbocycles. The first-order valence-corrected chi connectivity index (χ1v) is 7.42. The van der Waals surface area contributed by atoms with Gasteiger partial charge in [-0.05, 0) is 33.6 Å². The Hall–Kier alpha value is -2.12. The van der Waals surface area contributed by atoms with Crippen molar-refractivity contribution in [3.63, 3.8) is 0 Å². The molecule has 0 bridgehead atoms. The Morgan fingerprint density at radius 2 is 2.14 bits per heavy atom. The van der Waals surface area contributed by atoms with Crippen LogP contribution in [0.5, 0.6) is 0 Å². The van der Waals surface area contributed by atoms with Gasteiger partial charge in [0.2, 0.25) is 0 Å². The molecule has 1 saturated heterocycles. The summed E-state index contributed by atoms with van der Waals surface area (Å²) < 4.78 is 7.05. The van der Waals surface area contributed by atoms with Crippen LogP contribution in [0.3, 0.4) is 0 Å². The van der Waals surface area contributed by atoms with Crippen molar-refractivity contribution in [2.24, 2.45) is 0 Å². The summed E-state index contributed by atoms with van der Waals surface area (Å²) in [5.74, 6) is -0.272. The quantitative estimate of drug-likeness (QED) is 0.887. The Labute approximate surface area is 129 Å². The van der Waals surface area contributed by atoms with E-state index in [9.17, 15) is 9.59 Å². The molecule has 2 amide bonds. The molecule has 1 unspecified atom stereocenters. The van der Waals surface area contributed by atoms with Gasteiger partial charge < -0.3 is 15.0 Å². The highest BCUT2D eigenvalue weighted by atomic mass is 16.6. The third-order valence-electron chi connectivity index (χ3n) is 3.39. The van der Waals surface area contributed by atoms with E-state index in [1.54, 1.807) is 22.8 Å². The van der Waals surface area contributed by atoms with Gasteiger partial charge in [-0.15, -0.1) is 5.10 Å². The van der Waals surface area contributed by atoms with Crippen molar-refractivity contribution in [3.8, 4) is 0 Å². The molecule has 8 nitrogen and oxygen atoms in total. The molecule has 0 saturated carbocycles. The van der Waals surface area contributed by atoms with Gasteiger partial charge in [-0.2, -0.15) is 0 Å². The predicted molar refractivity (Wildman–Crippen MR) is 79.5 cm³/mol. The molecule has 1 atom stereocenters. The lowest BCUT2D eigenvalue weighted by molar-refractivity contribution is 0.0166. The van der Waals surface area contributed by atoms with Gasteiger partial charge in [0, 0.05) is 20.1 Å². The highest BCUT2D eigenvalue weighted by molar-refractivity contribution is 5.91. The topological polar surface area (TPSA) is 89.4 Å². The number of carbonyl (C=O) groups excluding carboxylic acids is 2. The molecule has 8 heteroatoms. The number of likely N-dealkylation sites (tertiary alicyclic amines) is 1. The highest BCUT2D eigenvalue weighted by Gasteiger charge is 2.29. The standard InChI is InChI=1S/C14H23N5O3/c1-14(2,3)22-13(21)18-7-5-6-10(8-18)19-9-11(16-17-19)12(20)15-4/h9-10H,5-8H2,1-4H3,(H,15,20). The average Bonchev–Trinajstić information content (AvgIpc) is 2.94. The molecule has 0 radical (unpaired) electrons. The largest absolute Gasteiger partial charge is 0.444 e. The fourth-order valence-corrected chi connectivity index (χ4v) is 2.35. The van der Waals surface area contributed by atoms with E-state index in [1.165, 1.54) is 0 Å². The number of carbonyl (C=O) groups is 2. The summed E-state index contributed by atoms with van der Waals surface area (Å²) in [4.78, 5) is 25.4. The van der Waals surface area contributed by atoms with Gasteiger partial charge in [0.15, 0.2) is 5.69 Å². The molecule has 1 N–H and O–H groups in total. The fourth-order valence-electron chi connectivity index (χ4n) is 2.35. The van der Waals surface area contributed by atoms with Crippen molar-refractivity contribution in [1.29, 1.82) is 0 Å². The second kappa shape index (κ2) is 6.33. The Balaban J connectivity index is 2.03. The van der Waals surface area contributed by atoms with E-state index in [1.807, 2.05) is 20.8 Å². The summed E-state index contributed by atoms with van der Waals surface area (Å²) in [6.07, 6.45) is 3.04. The number of ether oxygens (including phenoxy) is 1. The molecule has 0 spiro atoms. The van der Waals surface area contributed by atoms with E-state index in [0.717, 1.165) is 12.8 Å². The van der Waals surface area contributed by atoms with Gasteiger partial charge in [-0.3, -0.25) is 4.79 Å². The van der Waals surface area contributed by atoms with Gasteiger partial charge in [-0.1, -0.05) is 5.21 Å². The summed E-state index contributed by atoms with van der Waals surface area (Å²) in [6.45, 7) is 6.71. The van der Waals surface area contributed by atoms with Crippen molar-refractivity contribution < 1.29 is 14.3 Å². The molecule has 122 valence electrons. The summed E-state index contributed by atoms with van der Waals surface area (Å²) in [5, 5.41) is 10.4. The van der Waals surface area contributed by atoms with Crippen LogP contribution in [-0.4, -0.2) is 57.6 Å². The number of hydrogen-bond donors (Lipinski definition) is 1. The van der Waals surface area contributed by atoms with Crippen molar-refractivity contribution >= 4 is 12.0 Å². The third-order valence-corrected chi connectivity index (χ3v) is 3.39. The molecule has 1 aromatic rings. The maximum atomic E-state index is 12.1. The molecule has 2 rings (SSSR count). The van der Waals surface area contributed by atoms with E-state index < -0.39 is 5.60 Å². The summed E-state index contributed by atoms with van der Waals surface area (Å²) in [5.41, 5.74) is -0.235. The zero-order valence-corrected chi connectivity index (χ0v) is 13.5. The summed E-state index contributed by atoms with van der Waals surface area (Å²) in [7, 11) is 1.55. The van der Waals surface area contributed by atoms with Crippen LogP contribution in [-0.2, 0) is 4.74 Å². The monoisotopic (exact) mass is 309 g/mol. The SMILES string of the molecule is CNC(=O)c1cn(C2CCCN(C(=O)OC(C)(C)C)C2)nn1. The molecule has 22 heavy (non-hydrogen) atoms. The predicted octanol–water partition coefficient (Wildman–Crippen LogP) is 1.21. The minimum Gasteiger partial charge on any atom is -0.444 e. The van der Waals surface area contributed by atoms with Crippen molar-refractivity contribution in [2.45, 2.75) is 45.3 Å². The van der Waals surface area contributed by atoms with Gasteiger partial charge in [0.1, 0.15) is 5.60 Å². The molecule has 1 fully saturated rings. The van der Waals surface area contributed by atoms with Crippen LogP contribution in [0.25, 0.3) is 0 Å². The van der Waals surface area contributed by atoms with Gasteiger partial charge in [-0.25, -0.2) is 9.48 Å². The number of aromatic nitrogens is 3. The first-order chi connectivity index (χ1) is 10.3. The number of nitrogens with zero attached hydrogens (tertiary/aromatic N) is 4. The van der Waals surface area contributed by atoms with Crippen LogP contribution in [0.15, 0.2) is 6.20 Å². The zero-order chi connectivity index (χ0) is 16.3. The zero-order valence-electron chi connectivity index (χ0n) is 13.5. The minimum absolute atomic E-state index is 0.00664. The number of amides is 2. The van der Waals surface area contributed by atoms with Crippen LogP contribution >= 0.6 is 0 Å². The lowest BCUT2D eigenvalue weighted by atomic mass is 10.1. The lowest BCUT2D eigenvalue weighted by Gasteiger charge is -2.33. The van der Waals surface area contributed by atoms with Crippen molar-refractivity contribution in [3.05, 3.63) is 11.9 Å². The Morgan fingerprint density at radius 1 is 1.41 bits per heavy atom. The maximum absolute atomic E-state index is 12.1.